The molecule has 2 heterocycles. The molecule has 0 spiro atoms. The van der Waals surface area contributed by atoms with Gasteiger partial charge in [0.15, 0.2) is 0 Å². The van der Waals surface area contributed by atoms with Crippen LogP contribution in [0.25, 0.3) is 17.2 Å². The van der Waals surface area contributed by atoms with Gasteiger partial charge >= 0.3 is 0 Å². The van der Waals surface area contributed by atoms with Crippen LogP contribution in [0.4, 0.5) is 0 Å². The predicted octanol–water partition coefficient (Wildman–Crippen LogP) is 7.61. The Hall–Kier alpha value is -4.68. The van der Waals surface area contributed by atoms with Crippen molar-refractivity contribution in [1.82, 2.24) is 20.3 Å². The molecule has 6 rings (SSSR count). The molecule has 1 saturated heterocycles. The van der Waals surface area contributed by atoms with Crippen LogP contribution < -0.4 is 15.4 Å². The van der Waals surface area contributed by atoms with E-state index in [0.717, 1.165) is 65.0 Å². The van der Waals surface area contributed by atoms with Crippen LogP contribution in [0.15, 0.2) is 77.8 Å². The minimum atomic E-state index is -0.793. The van der Waals surface area contributed by atoms with Crippen molar-refractivity contribution in [3.8, 4) is 11.1 Å². The molecule has 2 aliphatic carbocycles. The number of amides is 4. The van der Waals surface area contributed by atoms with Gasteiger partial charge in [0.05, 0.1) is 11.4 Å². The first-order valence-corrected chi connectivity index (χ1v) is 20.9. The summed E-state index contributed by atoms with van der Waals surface area (Å²) in [6, 6.07) is 14.5. The van der Waals surface area contributed by atoms with E-state index in [1.165, 1.54) is 28.2 Å². The van der Waals surface area contributed by atoms with Gasteiger partial charge in [0.25, 0.3) is 11.8 Å². The van der Waals surface area contributed by atoms with Crippen LogP contribution >= 0.6 is 23.3 Å². The number of nitrogens with one attached hydrogen (secondary N) is 3. The molecular weight excluding hydrogens is 731 g/mol. The minimum absolute atomic E-state index is 0.220. The molecule has 4 N–H and O–H groups in total. The van der Waals surface area contributed by atoms with Crippen molar-refractivity contribution in [1.29, 1.82) is 0 Å². The van der Waals surface area contributed by atoms with E-state index in [1.54, 1.807) is 6.08 Å². The second-order valence-electron chi connectivity index (χ2n) is 14.9. The summed E-state index contributed by atoms with van der Waals surface area (Å²) in [5.41, 5.74) is 6.47. The van der Waals surface area contributed by atoms with Gasteiger partial charge in [-0.1, -0.05) is 87.5 Å². The number of carbonyl (C=O) groups is 4. The van der Waals surface area contributed by atoms with E-state index < -0.39 is 12.1 Å². The lowest BCUT2D eigenvalue weighted by Gasteiger charge is -2.28. The van der Waals surface area contributed by atoms with Gasteiger partial charge in [-0.25, -0.2) is 0 Å². The monoisotopic (exact) mass is 783 g/mol. The molecule has 292 valence electrons. The Morgan fingerprint density at radius 1 is 1.02 bits per heavy atom. The normalized spacial score (nSPS) is 17.6. The molecule has 12 heteroatoms. The lowest BCUT2D eigenvalue weighted by Crippen LogP contribution is -2.55. The highest BCUT2D eigenvalue weighted by Gasteiger charge is 2.37. The van der Waals surface area contributed by atoms with Crippen LogP contribution in [0.3, 0.4) is 0 Å². The highest BCUT2D eigenvalue weighted by Crippen LogP contribution is 2.37. The number of carbonyl (C=O) groups excluding carboxylic acids is 4. The number of nitrogens with zero attached hydrogens (tertiary/aromatic N) is 2. The lowest BCUT2D eigenvalue weighted by molar-refractivity contribution is -0.138. The van der Waals surface area contributed by atoms with E-state index in [2.05, 4.69) is 72.1 Å². The molecule has 1 aliphatic heterocycles. The molecule has 0 bridgehead atoms. The summed E-state index contributed by atoms with van der Waals surface area (Å²) in [6.45, 7) is 12.3. The molecular formula is C43H53N5O5S2. The first-order valence-electron chi connectivity index (χ1n) is 19.2. The summed E-state index contributed by atoms with van der Waals surface area (Å²) in [4.78, 5) is 54.7. The maximum atomic E-state index is 13.3. The third-order valence-corrected chi connectivity index (χ3v) is 11.6. The Morgan fingerprint density at radius 3 is 2.45 bits per heavy atom. The van der Waals surface area contributed by atoms with Crippen molar-refractivity contribution < 1.29 is 24.4 Å². The number of benzene rings is 2. The Bertz CT molecular complexity index is 1910. The highest BCUT2D eigenvalue weighted by atomic mass is 32.2. The topological polar surface area (TPSA) is 140 Å². The fraction of sp³-hybridized carbons (Fsp3) is 0.419. The van der Waals surface area contributed by atoms with Gasteiger partial charge < -0.3 is 20.7 Å². The summed E-state index contributed by atoms with van der Waals surface area (Å²) < 4.78 is 2.85. The molecule has 2 aromatic carbocycles. The summed E-state index contributed by atoms with van der Waals surface area (Å²) in [6.07, 6.45) is 11.4. The number of aryl methyl sites for hydroxylation is 1. The third-order valence-electron chi connectivity index (χ3n) is 9.56. The zero-order valence-corrected chi connectivity index (χ0v) is 33.8. The maximum absolute atomic E-state index is 13.3. The van der Waals surface area contributed by atoms with Crippen molar-refractivity contribution in [2.24, 2.45) is 17.0 Å². The Labute approximate surface area is 333 Å². The van der Waals surface area contributed by atoms with Crippen LogP contribution in [0.2, 0.25) is 0 Å². The Morgan fingerprint density at radius 2 is 1.75 bits per heavy atom. The van der Waals surface area contributed by atoms with Crippen molar-refractivity contribution in [2.75, 3.05) is 13.1 Å². The highest BCUT2D eigenvalue weighted by molar-refractivity contribution is 7.98. The van der Waals surface area contributed by atoms with Gasteiger partial charge in [0.2, 0.25) is 11.8 Å². The van der Waals surface area contributed by atoms with Gasteiger partial charge in [-0.3, -0.25) is 23.9 Å². The minimum Gasteiger partial charge on any atom is -0.410 e. The molecule has 55 heavy (non-hydrogen) atoms. The van der Waals surface area contributed by atoms with Crippen LogP contribution in [0.1, 0.15) is 98.1 Å². The molecule has 2 fully saturated rings. The summed E-state index contributed by atoms with van der Waals surface area (Å²) in [5, 5.41) is 21.2. The first-order chi connectivity index (χ1) is 26.5. The number of unbranched alkanes of at least 4 members (excludes halogenated alkanes) is 1. The van der Waals surface area contributed by atoms with E-state index in [9.17, 15) is 24.4 Å². The number of thiophene rings is 1. The Balaban J connectivity index is 0.00000138. The number of hydrogen-bond acceptors (Lipinski definition) is 8. The summed E-state index contributed by atoms with van der Waals surface area (Å²) >= 11 is 2.73. The molecule has 10 nitrogen and oxygen atoms in total. The fourth-order valence-electron chi connectivity index (χ4n) is 6.52. The number of allylic oxidation sites excluding steroid dienone is 1. The SMILES string of the molecule is C=CC(C)C(NC(=O)C1CCCN1C(=O)CNC(=O)c1sccc1CCC/C=C/c1ccc2c(c1)/C(=N\O)c1ccccc1-2)C(=O)NSC1CC1.CC(C)C. The smallest absolute Gasteiger partial charge is 0.262 e. The zero-order chi connectivity index (χ0) is 39.5. The van der Waals surface area contributed by atoms with Crippen LogP contribution in [0, 0.1) is 11.8 Å². The Kier molecular flexibility index (Phi) is 14.9. The summed E-state index contributed by atoms with van der Waals surface area (Å²) in [5.74, 6) is -0.766. The number of hydrogen-bond donors (Lipinski definition) is 4. The molecule has 1 aromatic heterocycles. The average Bonchev–Trinajstić information content (AvgIpc) is 3.52. The largest absolute Gasteiger partial charge is 0.410 e. The van der Waals surface area contributed by atoms with E-state index >= 15 is 0 Å². The number of fused-ring (bicyclic) bond motifs is 3. The second-order valence-corrected chi connectivity index (χ2v) is 16.9. The second kappa shape index (κ2) is 19.8. The van der Waals surface area contributed by atoms with Gasteiger partial charge in [-0.2, -0.15) is 0 Å². The molecule has 3 unspecified atom stereocenters. The predicted molar refractivity (Wildman–Crippen MR) is 223 cm³/mol. The van der Waals surface area contributed by atoms with Crippen molar-refractivity contribution >= 4 is 58.7 Å². The molecule has 1 saturated carbocycles. The third kappa shape index (κ3) is 11.0. The van der Waals surface area contributed by atoms with Crippen molar-refractivity contribution in [3.63, 3.8) is 0 Å². The summed E-state index contributed by atoms with van der Waals surface area (Å²) in [7, 11) is 0. The van der Waals surface area contributed by atoms with Crippen molar-refractivity contribution in [2.45, 2.75) is 90.0 Å². The lowest BCUT2D eigenvalue weighted by atomic mass is 10.0. The van der Waals surface area contributed by atoms with Gasteiger partial charge in [-0.15, -0.1) is 17.9 Å². The van der Waals surface area contributed by atoms with Crippen LogP contribution in [0.5, 0.6) is 0 Å². The fourth-order valence-corrected chi connectivity index (χ4v) is 8.17. The van der Waals surface area contributed by atoms with Crippen molar-refractivity contribution in [3.05, 3.63) is 99.8 Å². The number of likely N-dealkylation sites (tertiary alicyclic amines) is 1. The molecule has 4 amide bonds. The molecule has 3 aromatic rings. The standard InChI is InChI=1S/C39H43N5O5S2.C4H10/c1-3-24(2)34(38(47)43-51-27-16-17-27)41-37(46)32-14-9-20-44(32)33(45)23-40-39(48)36-26(19-21-50-36)11-6-4-5-10-25-15-18-29-28-12-7-8-13-30(28)35(42-49)31(29)22-25;1-4(2)3/h3,5,7-8,10,12-13,15,18-19,21-22,24,27,32,34,49H,1,4,6,9,11,14,16-17,20,23H2,2H3,(H,40,48)(H,41,46)(H,43,47);4H,1-3H3/b10-5+,42-35-;. The quantitative estimate of drug-likeness (QED) is 0.0322. The van der Waals surface area contributed by atoms with Gasteiger partial charge in [-0.05, 0) is 103 Å². The molecule has 0 radical (unpaired) electrons. The van der Waals surface area contributed by atoms with Crippen LogP contribution in [-0.4, -0.2) is 69.9 Å². The van der Waals surface area contributed by atoms with E-state index in [-0.39, 0.29) is 36.1 Å². The average molecular weight is 784 g/mol. The first kappa shape index (κ1) is 41.5. The maximum Gasteiger partial charge on any atom is 0.262 e. The molecule has 3 atom stereocenters. The van der Waals surface area contributed by atoms with Gasteiger partial charge in [0, 0.05) is 28.8 Å². The zero-order valence-electron chi connectivity index (χ0n) is 32.2. The van der Waals surface area contributed by atoms with Crippen LogP contribution in [-0.2, 0) is 20.8 Å². The number of rotatable bonds is 15. The van der Waals surface area contributed by atoms with E-state index in [1.807, 2.05) is 48.7 Å². The van der Waals surface area contributed by atoms with Gasteiger partial charge in [0.1, 0.15) is 17.8 Å². The van der Waals surface area contributed by atoms with E-state index in [0.29, 0.717) is 41.6 Å². The number of oxime groups is 1. The van der Waals surface area contributed by atoms with E-state index in [4.69, 9.17) is 0 Å². The molecule has 3 aliphatic rings.